The third-order valence-corrected chi connectivity index (χ3v) is 3.15. The summed E-state index contributed by atoms with van der Waals surface area (Å²) in [5.74, 6) is -1.30. The number of hydrogen-bond acceptors (Lipinski definition) is 4. The van der Waals surface area contributed by atoms with E-state index in [9.17, 15) is 14.7 Å². The van der Waals surface area contributed by atoms with E-state index in [1.54, 1.807) is 26.8 Å². The van der Waals surface area contributed by atoms with Crippen LogP contribution in [0.25, 0.3) is 0 Å². The van der Waals surface area contributed by atoms with Gasteiger partial charge in [-0.1, -0.05) is 29.3 Å². The lowest BCUT2D eigenvalue weighted by Gasteiger charge is -2.24. The second-order valence-electron chi connectivity index (χ2n) is 5.45. The van der Waals surface area contributed by atoms with Crippen molar-refractivity contribution in [2.45, 2.75) is 38.8 Å². The summed E-state index contributed by atoms with van der Waals surface area (Å²) in [7, 11) is 0. The first-order chi connectivity index (χ1) is 9.58. The molecule has 21 heavy (non-hydrogen) atoms. The number of aliphatic carboxylic acids is 1. The summed E-state index contributed by atoms with van der Waals surface area (Å²) in [6.45, 7) is 5.12. The summed E-state index contributed by atoms with van der Waals surface area (Å²) in [6.07, 6.45) is -1.13. The Morgan fingerprint density at radius 1 is 1.29 bits per heavy atom. The summed E-state index contributed by atoms with van der Waals surface area (Å²) < 4.78 is 5.10. The van der Waals surface area contributed by atoms with Crippen LogP contribution in [0.2, 0.25) is 10.0 Å². The SMILES string of the molecule is CC(C)(C)OC(=O)N[C@@H](CC(=O)[O-])c1ccc(Cl)c(Cl)c1. The summed E-state index contributed by atoms with van der Waals surface area (Å²) in [4.78, 5) is 22.6. The lowest BCUT2D eigenvalue weighted by atomic mass is 10.0. The van der Waals surface area contributed by atoms with Crippen molar-refractivity contribution in [3.05, 3.63) is 33.8 Å². The van der Waals surface area contributed by atoms with Crippen molar-refractivity contribution in [2.75, 3.05) is 0 Å². The number of nitrogens with one attached hydrogen (secondary N) is 1. The summed E-state index contributed by atoms with van der Waals surface area (Å²) in [5, 5.41) is 13.9. The zero-order valence-electron chi connectivity index (χ0n) is 11.9. The Bertz CT molecular complexity index is 540. The number of carboxylic acid groups (broad SMARTS) is 1. The average Bonchev–Trinajstić information content (AvgIpc) is 2.28. The monoisotopic (exact) mass is 332 g/mol. The first kappa shape index (κ1) is 17.6. The molecule has 0 saturated carbocycles. The Morgan fingerprint density at radius 2 is 1.90 bits per heavy atom. The van der Waals surface area contributed by atoms with Crippen molar-refractivity contribution in [3.8, 4) is 0 Å². The van der Waals surface area contributed by atoms with Gasteiger partial charge in [-0.2, -0.15) is 0 Å². The molecule has 1 N–H and O–H groups in total. The topological polar surface area (TPSA) is 78.5 Å². The highest BCUT2D eigenvalue weighted by molar-refractivity contribution is 6.42. The van der Waals surface area contributed by atoms with Crippen LogP contribution in [0.4, 0.5) is 4.79 Å². The van der Waals surface area contributed by atoms with Crippen LogP contribution in [0.15, 0.2) is 18.2 Å². The molecule has 0 aliphatic heterocycles. The van der Waals surface area contributed by atoms with Crippen molar-refractivity contribution >= 4 is 35.3 Å². The van der Waals surface area contributed by atoms with E-state index in [-0.39, 0.29) is 5.02 Å². The minimum atomic E-state index is -1.30. The third-order valence-electron chi connectivity index (χ3n) is 2.41. The van der Waals surface area contributed by atoms with Gasteiger partial charge in [0.25, 0.3) is 0 Å². The molecular weight excluding hydrogens is 317 g/mol. The van der Waals surface area contributed by atoms with Gasteiger partial charge in [-0.3, -0.25) is 0 Å². The fourth-order valence-electron chi connectivity index (χ4n) is 1.60. The first-order valence-corrected chi connectivity index (χ1v) is 6.98. The number of halogens is 2. The van der Waals surface area contributed by atoms with Gasteiger partial charge in [0.2, 0.25) is 0 Å². The van der Waals surface area contributed by atoms with Gasteiger partial charge >= 0.3 is 6.09 Å². The van der Waals surface area contributed by atoms with Crippen LogP contribution in [-0.2, 0) is 9.53 Å². The van der Waals surface area contributed by atoms with E-state index in [0.29, 0.717) is 10.6 Å². The number of hydrogen-bond donors (Lipinski definition) is 1. The number of ether oxygens (including phenoxy) is 1. The molecule has 0 aromatic heterocycles. The molecule has 0 aliphatic carbocycles. The summed E-state index contributed by atoms with van der Waals surface area (Å²) in [6, 6.07) is 3.78. The molecular formula is C14H16Cl2NO4-. The lowest BCUT2D eigenvalue weighted by Crippen LogP contribution is -2.37. The van der Waals surface area contributed by atoms with Crippen LogP contribution in [0.5, 0.6) is 0 Å². The van der Waals surface area contributed by atoms with E-state index in [0.717, 1.165) is 0 Å². The highest BCUT2D eigenvalue weighted by Gasteiger charge is 2.21. The Hall–Kier alpha value is -1.46. The molecule has 1 atom stereocenters. The van der Waals surface area contributed by atoms with Crippen LogP contribution < -0.4 is 10.4 Å². The predicted octanol–water partition coefficient (Wildman–Crippen LogP) is 2.70. The molecule has 5 nitrogen and oxygen atoms in total. The van der Waals surface area contributed by atoms with Gasteiger partial charge in [-0.05, 0) is 38.5 Å². The van der Waals surface area contributed by atoms with Crippen LogP contribution in [-0.4, -0.2) is 17.7 Å². The number of rotatable bonds is 4. The molecule has 0 spiro atoms. The van der Waals surface area contributed by atoms with Crippen LogP contribution in [0, 0.1) is 0 Å². The number of carbonyl (C=O) groups is 2. The van der Waals surface area contributed by atoms with E-state index in [2.05, 4.69) is 5.32 Å². The Kier molecular flexibility index (Phi) is 5.87. The Morgan fingerprint density at radius 3 is 2.38 bits per heavy atom. The lowest BCUT2D eigenvalue weighted by molar-refractivity contribution is -0.306. The number of carbonyl (C=O) groups excluding carboxylic acids is 2. The maximum Gasteiger partial charge on any atom is 0.408 e. The van der Waals surface area contributed by atoms with E-state index in [1.807, 2.05) is 0 Å². The molecule has 1 amide bonds. The van der Waals surface area contributed by atoms with Crippen molar-refractivity contribution in [2.24, 2.45) is 0 Å². The zero-order valence-corrected chi connectivity index (χ0v) is 13.4. The van der Waals surface area contributed by atoms with Gasteiger partial charge in [0.05, 0.1) is 16.1 Å². The van der Waals surface area contributed by atoms with Gasteiger partial charge < -0.3 is 20.0 Å². The highest BCUT2D eigenvalue weighted by Crippen LogP contribution is 2.27. The fraction of sp³-hybridized carbons (Fsp3) is 0.429. The maximum absolute atomic E-state index is 11.8. The van der Waals surface area contributed by atoms with Gasteiger partial charge in [-0.15, -0.1) is 0 Å². The van der Waals surface area contributed by atoms with E-state index >= 15 is 0 Å². The van der Waals surface area contributed by atoms with Gasteiger partial charge in [0.1, 0.15) is 5.60 Å². The van der Waals surface area contributed by atoms with E-state index < -0.39 is 30.1 Å². The molecule has 0 heterocycles. The third kappa shape index (κ3) is 6.23. The minimum absolute atomic E-state index is 0.267. The molecule has 0 unspecified atom stereocenters. The van der Waals surface area contributed by atoms with Crippen LogP contribution in [0.1, 0.15) is 38.8 Å². The van der Waals surface area contributed by atoms with Crippen molar-refractivity contribution in [1.82, 2.24) is 5.32 Å². The number of benzene rings is 1. The molecule has 0 saturated heterocycles. The minimum Gasteiger partial charge on any atom is -0.550 e. The quantitative estimate of drug-likeness (QED) is 0.919. The number of amides is 1. The second-order valence-corrected chi connectivity index (χ2v) is 6.26. The van der Waals surface area contributed by atoms with Gasteiger partial charge in [0, 0.05) is 12.4 Å². The molecule has 0 radical (unpaired) electrons. The summed E-state index contributed by atoms with van der Waals surface area (Å²) in [5.41, 5.74) is -0.187. The predicted molar refractivity (Wildman–Crippen MR) is 78.2 cm³/mol. The van der Waals surface area contributed by atoms with Crippen LogP contribution >= 0.6 is 23.2 Å². The summed E-state index contributed by atoms with van der Waals surface area (Å²) >= 11 is 11.7. The Labute approximate surface area is 133 Å². The average molecular weight is 333 g/mol. The number of alkyl carbamates (subject to hydrolysis) is 1. The molecule has 1 aromatic carbocycles. The van der Waals surface area contributed by atoms with Crippen molar-refractivity contribution in [1.29, 1.82) is 0 Å². The normalized spacial score (nSPS) is 12.6. The molecule has 1 rings (SSSR count). The maximum atomic E-state index is 11.8. The molecule has 1 aromatic rings. The first-order valence-electron chi connectivity index (χ1n) is 6.23. The Balaban J connectivity index is 2.92. The van der Waals surface area contributed by atoms with Crippen molar-refractivity contribution in [3.63, 3.8) is 0 Å². The molecule has 0 aliphatic rings. The largest absolute Gasteiger partial charge is 0.550 e. The van der Waals surface area contributed by atoms with E-state index in [1.165, 1.54) is 12.1 Å². The smallest absolute Gasteiger partial charge is 0.408 e. The zero-order chi connectivity index (χ0) is 16.2. The highest BCUT2D eigenvalue weighted by atomic mass is 35.5. The van der Waals surface area contributed by atoms with Crippen molar-refractivity contribution < 1.29 is 19.4 Å². The van der Waals surface area contributed by atoms with E-state index in [4.69, 9.17) is 27.9 Å². The molecule has 0 fully saturated rings. The second kappa shape index (κ2) is 7.00. The van der Waals surface area contributed by atoms with Gasteiger partial charge in [0.15, 0.2) is 0 Å². The standard InChI is InChI=1S/C14H17Cl2NO4/c1-14(2,3)21-13(20)17-11(7-12(18)19)8-4-5-9(15)10(16)6-8/h4-6,11H,7H2,1-3H3,(H,17,20)(H,18,19)/p-1/t11-/m0/s1. The van der Waals surface area contributed by atoms with Crippen LogP contribution in [0.3, 0.4) is 0 Å². The number of carboxylic acids is 1. The molecule has 116 valence electrons. The molecule has 0 bridgehead atoms. The van der Waals surface area contributed by atoms with Gasteiger partial charge in [-0.25, -0.2) is 4.79 Å². The molecule has 7 heteroatoms. The fourth-order valence-corrected chi connectivity index (χ4v) is 1.90.